The van der Waals surface area contributed by atoms with Crippen molar-refractivity contribution in [2.45, 2.75) is 6.54 Å². The Morgan fingerprint density at radius 3 is 2.24 bits per heavy atom. The molecule has 3 rings (SSSR count). The van der Waals surface area contributed by atoms with E-state index in [1.165, 1.54) is 5.69 Å². The van der Waals surface area contributed by atoms with Crippen LogP contribution in [0.2, 0.25) is 0 Å². The van der Waals surface area contributed by atoms with E-state index in [2.05, 4.69) is 61.7 Å². The summed E-state index contributed by atoms with van der Waals surface area (Å²) in [6.45, 7) is 4.76. The van der Waals surface area contributed by atoms with E-state index in [0.29, 0.717) is 0 Å². The van der Waals surface area contributed by atoms with E-state index in [1.807, 2.05) is 13.1 Å². The standard InChI is InChI=1S/C16H21N5/c1-17-13-14-7-8-16(19-18-14)21-11-9-20(10-12-21)15-5-3-2-4-6-15/h2-8,17H,9-13H2,1H3. The summed E-state index contributed by atoms with van der Waals surface area (Å²) in [6.07, 6.45) is 0. The predicted octanol–water partition coefficient (Wildman–Crippen LogP) is 1.52. The van der Waals surface area contributed by atoms with Crippen LogP contribution in [0.25, 0.3) is 0 Å². The fourth-order valence-electron chi connectivity index (χ4n) is 2.63. The van der Waals surface area contributed by atoms with Crippen molar-refractivity contribution in [1.29, 1.82) is 0 Å². The van der Waals surface area contributed by atoms with E-state index in [9.17, 15) is 0 Å². The Balaban J connectivity index is 1.60. The number of nitrogens with one attached hydrogen (secondary N) is 1. The number of nitrogens with zero attached hydrogens (tertiary/aromatic N) is 4. The maximum atomic E-state index is 4.34. The summed E-state index contributed by atoms with van der Waals surface area (Å²) in [5, 5.41) is 11.7. The average molecular weight is 283 g/mol. The number of aromatic nitrogens is 2. The maximum Gasteiger partial charge on any atom is 0.151 e. The molecule has 110 valence electrons. The maximum absolute atomic E-state index is 4.34. The van der Waals surface area contributed by atoms with Gasteiger partial charge in [0.1, 0.15) is 0 Å². The second-order valence-electron chi connectivity index (χ2n) is 5.22. The third kappa shape index (κ3) is 3.31. The molecule has 0 spiro atoms. The number of anilines is 2. The van der Waals surface area contributed by atoms with Crippen LogP contribution in [-0.2, 0) is 6.54 Å². The van der Waals surface area contributed by atoms with Gasteiger partial charge in [-0.1, -0.05) is 18.2 Å². The molecule has 2 aromatic rings. The van der Waals surface area contributed by atoms with Crippen LogP contribution in [0.4, 0.5) is 11.5 Å². The first-order valence-corrected chi connectivity index (χ1v) is 7.39. The number of hydrogen-bond donors (Lipinski definition) is 1. The Labute approximate surface area is 125 Å². The molecule has 1 aliphatic heterocycles. The topological polar surface area (TPSA) is 44.3 Å². The number of para-hydroxylation sites is 1. The molecule has 2 heterocycles. The molecule has 0 aliphatic carbocycles. The van der Waals surface area contributed by atoms with Gasteiger partial charge in [-0.3, -0.25) is 0 Å². The van der Waals surface area contributed by atoms with Crippen LogP contribution in [0.5, 0.6) is 0 Å². The van der Waals surface area contributed by atoms with Gasteiger partial charge in [0, 0.05) is 38.4 Å². The second kappa shape index (κ2) is 6.54. The third-order valence-electron chi connectivity index (χ3n) is 3.79. The lowest BCUT2D eigenvalue weighted by Crippen LogP contribution is -2.46. The zero-order valence-corrected chi connectivity index (χ0v) is 12.4. The summed E-state index contributed by atoms with van der Waals surface area (Å²) < 4.78 is 0. The summed E-state index contributed by atoms with van der Waals surface area (Å²) in [7, 11) is 1.92. The smallest absolute Gasteiger partial charge is 0.151 e. The normalized spacial score (nSPS) is 15.3. The van der Waals surface area contributed by atoms with E-state index in [4.69, 9.17) is 0 Å². The van der Waals surface area contributed by atoms with Crippen LogP contribution < -0.4 is 15.1 Å². The van der Waals surface area contributed by atoms with Crippen molar-refractivity contribution < 1.29 is 0 Å². The van der Waals surface area contributed by atoms with Gasteiger partial charge in [-0.2, -0.15) is 5.10 Å². The monoisotopic (exact) mass is 283 g/mol. The average Bonchev–Trinajstić information content (AvgIpc) is 2.57. The number of piperazine rings is 1. The molecular formula is C16H21N5. The summed E-state index contributed by atoms with van der Waals surface area (Å²) in [6, 6.07) is 14.7. The highest BCUT2D eigenvalue weighted by Gasteiger charge is 2.18. The first-order chi connectivity index (χ1) is 10.4. The first-order valence-electron chi connectivity index (χ1n) is 7.39. The molecular weight excluding hydrogens is 262 g/mol. The van der Waals surface area contributed by atoms with Gasteiger partial charge in [0.2, 0.25) is 0 Å². The number of benzene rings is 1. The molecule has 1 fully saturated rings. The fraction of sp³-hybridized carbons (Fsp3) is 0.375. The Bertz CT molecular complexity index is 547. The van der Waals surface area contributed by atoms with Gasteiger partial charge in [0.25, 0.3) is 0 Å². The van der Waals surface area contributed by atoms with Crippen molar-refractivity contribution in [3.8, 4) is 0 Å². The molecule has 0 radical (unpaired) electrons. The molecule has 0 atom stereocenters. The van der Waals surface area contributed by atoms with Gasteiger partial charge < -0.3 is 15.1 Å². The van der Waals surface area contributed by atoms with E-state index < -0.39 is 0 Å². The minimum atomic E-state index is 0.759. The van der Waals surface area contributed by atoms with Crippen molar-refractivity contribution in [2.75, 3.05) is 43.0 Å². The molecule has 5 heteroatoms. The highest BCUT2D eigenvalue weighted by Crippen LogP contribution is 2.18. The zero-order chi connectivity index (χ0) is 14.5. The molecule has 0 amide bonds. The van der Waals surface area contributed by atoms with Gasteiger partial charge in [0.05, 0.1) is 5.69 Å². The van der Waals surface area contributed by atoms with Gasteiger partial charge in [0.15, 0.2) is 5.82 Å². The lowest BCUT2D eigenvalue weighted by Gasteiger charge is -2.36. The van der Waals surface area contributed by atoms with E-state index >= 15 is 0 Å². The van der Waals surface area contributed by atoms with Crippen LogP contribution >= 0.6 is 0 Å². The number of rotatable bonds is 4. The summed E-state index contributed by atoms with van der Waals surface area (Å²) in [4.78, 5) is 4.72. The lowest BCUT2D eigenvalue weighted by atomic mass is 10.2. The molecule has 1 aliphatic rings. The molecule has 1 aromatic heterocycles. The van der Waals surface area contributed by atoms with Crippen LogP contribution in [0.15, 0.2) is 42.5 Å². The minimum Gasteiger partial charge on any atom is -0.368 e. The Morgan fingerprint density at radius 1 is 0.905 bits per heavy atom. The van der Waals surface area contributed by atoms with Gasteiger partial charge in [-0.15, -0.1) is 5.10 Å². The highest BCUT2D eigenvalue weighted by molar-refractivity contribution is 5.49. The SMILES string of the molecule is CNCc1ccc(N2CCN(c3ccccc3)CC2)nn1. The Kier molecular flexibility index (Phi) is 4.31. The van der Waals surface area contributed by atoms with Crippen molar-refractivity contribution in [3.63, 3.8) is 0 Å². The molecule has 21 heavy (non-hydrogen) atoms. The van der Waals surface area contributed by atoms with Gasteiger partial charge in [-0.25, -0.2) is 0 Å². The molecule has 1 aromatic carbocycles. The van der Waals surface area contributed by atoms with Crippen molar-refractivity contribution >= 4 is 11.5 Å². The predicted molar refractivity (Wildman–Crippen MR) is 85.7 cm³/mol. The summed E-state index contributed by atoms with van der Waals surface area (Å²) in [5.74, 6) is 0.975. The zero-order valence-electron chi connectivity index (χ0n) is 12.4. The van der Waals surface area contributed by atoms with Crippen LogP contribution in [0.1, 0.15) is 5.69 Å². The number of hydrogen-bond acceptors (Lipinski definition) is 5. The molecule has 0 unspecified atom stereocenters. The fourth-order valence-corrected chi connectivity index (χ4v) is 2.63. The van der Waals surface area contributed by atoms with Crippen LogP contribution in [0.3, 0.4) is 0 Å². The second-order valence-corrected chi connectivity index (χ2v) is 5.22. The van der Waals surface area contributed by atoms with Gasteiger partial charge >= 0.3 is 0 Å². The van der Waals surface area contributed by atoms with E-state index in [-0.39, 0.29) is 0 Å². The molecule has 0 bridgehead atoms. The first kappa shape index (κ1) is 13.8. The molecule has 1 N–H and O–H groups in total. The van der Waals surface area contributed by atoms with Crippen molar-refractivity contribution in [1.82, 2.24) is 15.5 Å². The lowest BCUT2D eigenvalue weighted by molar-refractivity contribution is 0.641. The van der Waals surface area contributed by atoms with Crippen molar-refractivity contribution in [3.05, 3.63) is 48.2 Å². The molecule has 5 nitrogen and oxygen atoms in total. The Hall–Kier alpha value is -2.14. The third-order valence-corrected chi connectivity index (χ3v) is 3.79. The largest absolute Gasteiger partial charge is 0.368 e. The van der Waals surface area contributed by atoms with Crippen LogP contribution in [-0.4, -0.2) is 43.4 Å². The highest BCUT2D eigenvalue weighted by atomic mass is 15.3. The van der Waals surface area contributed by atoms with Gasteiger partial charge in [-0.05, 0) is 31.3 Å². The Morgan fingerprint density at radius 2 is 1.62 bits per heavy atom. The molecule has 1 saturated heterocycles. The minimum absolute atomic E-state index is 0.759. The summed E-state index contributed by atoms with van der Waals surface area (Å²) >= 11 is 0. The summed E-state index contributed by atoms with van der Waals surface area (Å²) in [5.41, 5.74) is 2.27. The molecule has 0 saturated carbocycles. The van der Waals surface area contributed by atoms with Crippen LogP contribution in [0, 0.1) is 0 Å². The van der Waals surface area contributed by atoms with Crippen molar-refractivity contribution in [2.24, 2.45) is 0 Å². The quantitative estimate of drug-likeness (QED) is 0.922. The van der Waals surface area contributed by atoms with E-state index in [0.717, 1.165) is 44.2 Å². The van der Waals surface area contributed by atoms with E-state index in [1.54, 1.807) is 0 Å².